The first-order valence-electron chi connectivity index (χ1n) is 5.91. The quantitative estimate of drug-likeness (QED) is 0.816. The molecule has 94 valence electrons. The van der Waals surface area contributed by atoms with Crippen molar-refractivity contribution in [3.63, 3.8) is 0 Å². The Kier molecular flexibility index (Phi) is 4.63. The maximum atomic E-state index is 12.4. The van der Waals surface area contributed by atoms with Crippen LogP contribution in [0, 0.1) is 12.8 Å². The first-order chi connectivity index (χ1) is 7.84. The van der Waals surface area contributed by atoms with Gasteiger partial charge < -0.3 is 4.90 Å². The van der Waals surface area contributed by atoms with E-state index in [4.69, 9.17) is 0 Å². The molecule has 2 nitrogen and oxygen atoms in total. The van der Waals surface area contributed by atoms with Gasteiger partial charge in [-0.3, -0.25) is 4.79 Å². The number of aryl methyl sites for hydroxylation is 1. The highest BCUT2D eigenvalue weighted by atomic mass is 32.1. The molecule has 1 rings (SSSR count). The van der Waals surface area contributed by atoms with Crippen LogP contribution in [0.4, 0.5) is 0 Å². The Morgan fingerprint density at radius 2 is 1.88 bits per heavy atom. The molecule has 0 aliphatic carbocycles. The zero-order valence-corrected chi connectivity index (χ0v) is 12.1. The third-order valence-electron chi connectivity index (χ3n) is 3.35. The monoisotopic (exact) mass is 251 g/mol. The smallest absolute Gasteiger partial charge is 0.254 e. The van der Waals surface area contributed by atoms with Crippen molar-refractivity contribution in [2.24, 2.45) is 5.92 Å². The molecule has 0 fully saturated rings. The fourth-order valence-electron chi connectivity index (χ4n) is 1.66. The van der Waals surface area contributed by atoms with E-state index in [1.807, 2.05) is 32.2 Å². The van der Waals surface area contributed by atoms with Crippen LogP contribution < -0.4 is 0 Å². The summed E-state index contributed by atoms with van der Waals surface area (Å²) in [4.78, 5) is 15.0. The summed E-state index contributed by atoms with van der Waals surface area (Å²) in [6.45, 7) is 8.27. The van der Waals surface area contributed by atoms with Crippen LogP contribution in [0.25, 0.3) is 0 Å². The molecular formula is C14H21NOS. The molecule has 1 unspecified atom stereocenters. The largest absolute Gasteiger partial charge is 0.339 e. The number of amides is 1. The lowest BCUT2D eigenvalue weighted by molar-refractivity contribution is 0.0706. The minimum absolute atomic E-state index is 0.0691. The molecule has 0 saturated heterocycles. The molecule has 17 heavy (non-hydrogen) atoms. The van der Waals surface area contributed by atoms with E-state index in [1.165, 1.54) is 0 Å². The molecule has 0 heterocycles. The molecule has 0 radical (unpaired) electrons. The maximum Gasteiger partial charge on any atom is 0.254 e. The van der Waals surface area contributed by atoms with E-state index in [0.29, 0.717) is 5.92 Å². The second-order valence-electron chi connectivity index (χ2n) is 4.90. The molecule has 0 bridgehead atoms. The number of benzene rings is 1. The van der Waals surface area contributed by atoms with E-state index in [-0.39, 0.29) is 11.9 Å². The van der Waals surface area contributed by atoms with Crippen LogP contribution in [0.15, 0.2) is 23.1 Å². The molecular weight excluding hydrogens is 230 g/mol. The summed E-state index contributed by atoms with van der Waals surface area (Å²) >= 11 is 4.29. The highest BCUT2D eigenvalue weighted by molar-refractivity contribution is 7.80. The Labute approximate surface area is 109 Å². The molecule has 0 aromatic heterocycles. The maximum absolute atomic E-state index is 12.4. The van der Waals surface area contributed by atoms with Crippen LogP contribution in [-0.2, 0) is 0 Å². The molecule has 1 aromatic carbocycles. The number of nitrogens with zero attached hydrogens (tertiary/aromatic N) is 1. The average molecular weight is 251 g/mol. The lowest BCUT2D eigenvalue weighted by Crippen LogP contribution is -2.38. The molecule has 1 atom stereocenters. The standard InChI is InChI=1S/C14H21NOS/c1-9(2)11(4)15(5)14(16)13-8-12(17)7-6-10(13)3/h6-9,11,17H,1-5H3. The Morgan fingerprint density at radius 1 is 1.29 bits per heavy atom. The number of rotatable bonds is 3. The second-order valence-corrected chi connectivity index (χ2v) is 5.42. The first kappa shape index (κ1) is 14.1. The van der Waals surface area contributed by atoms with E-state index in [9.17, 15) is 4.79 Å². The van der Waals surface area contributed by atoms with Gasteiger partial charge in [0.1, 0.15) is 0 Å². The fourth-order valence-corrected chi connectivity index (χ4v) is 1.87. The van der Waals surface area contributed by atoms with Crippen molar-refractivity contribution in [1.82, 2.24) is 4.90 Å². The highest BCUT2D eigenvalue weighted by Crippen LogP contribution is 2.18. The summed E-state index contributed by atoms with van der Waals surface area (Å²) < 4.78 is 0. The van der Waals surface area contributed by atoms with Gasteiger partial charge in [-0.2, -0.15) is 0 Å². The minimum atomic E-state index is 0.0691. The van der Waals surface area contributed by atoms with E-state index < -0.39 is 0 Å². The van der Waals surface area contributed by atoms with Gasteiger partial charge in [-0.15, -0.1) is 12.6 Å². The molecule has 0 spiro atoms. The van der Waals surface area contributed by atoms with Gasteiger partial charge in [-0.1, -0.05) is 19.9 Å². The molecule has 3 heteroatoms. The summed E-state index contributed by atoms with van der Waals surface area (Å²) in [7, 11) is 1.86. The number of thiol groups is 1. The Hall–Kier alpha value is -0.960. The molecule has 0 aliphatic rings. The summed E-state index contributed by atoms with van der Waals surface area (Å²) in [5, 5.41) is 0. The van der Waals surface area contributed by atoms with Crippen molar-refractivity contribution in [3.05, 3.63) is 29.3 Å². The lowest BCUT2D eigenvalue weighted by Gasteiger charge is -2.28. The van der Waals surface area contributed by atoms with Gasteiger partial charge in [0.2, 0.25) is 0 Å². The number of hydrogen-bond acceptors (Lipinski definition) is 2. The van der Waals surface area contributed by atoms with Crippen LogP contribution in [-0.4, -0.2) is 23.9 Å². The van der Waals surface area contributed by atoms with Gasteiger partial charge in [-0.25, -0.2) is 0 Å². The molecule has 1 aromatic rings. The van der Waals surface area contributed by atoms with Crippen LogP contribution in [0.1, 0.15) is 36.7 Å². The van der Waals surface area contributed by atoms with E-state index in [0.717, 1.165) is 16.0 Å². The van der Waals surface area contributed by atoms with Crippen LogP contribution >= 0.6 is 12.6 Å². The van der Waals surface area contributed by atoms with Crippen molar-refractivity contribution in [1.29, 1.82) is 0 Å². The van der Waals surface area contributed by atoms with E-state index in [1.54, 1.807) is 4.90 Å². The zero-order valence-electron chi connectivity index (χ0n) is 11.2. The summed E-state index contributed by atoms with van der Waals surface area (Å²) in [5.74, 6) is 0.517. The van der Waals surface area contributed by atoms with Gasteiger partial charge in [-0.05, 0) is 37.5 Å². The average Bonchev–Trinajstić information content (AvgIpc) is 2.29. The van der Waals surface area contributed by atoms with Gasteiger partial charge in [0.05, 0.1) is 0 Å². The summed E-state index contributed by atoms with van der Waals surface area (Å²) in [6.07, 6.45) is 0. The van der Waals surface area contributed by atoms with Crippen molar-refractivity contribution >= 4 is 18.5 Å². The van der Waals surface area contributed by atoms with Gasteiger partial charge in [0.25, 0.3) is 5.91 Å². The van der Waals surface area contributed by atoms with Crippen molar-refractivity contribution < 1.29 is 4.79 Å². The Morgan fingerprint density at radius 3 is 2.41 bits per heavy atom. The predicted molar refractivity (Wildman–Crippen MR) is 74.8 cm³/mol. The van der Waals surface area contributed by atoms with Crippen LogP contribution in [0.3, 0.4) is 0 Å². The topological polar surface area (TPSA) is 20.3 Å². The predicted octanol–water partition coefficient (Wildman–Crippen LogP) is 3.40. The van der Waals surface area contributed by atoms with Gasteiger partial charge in [0.15, 0.2) is 0 Å². The van der Waals surface area contributed by atoms with Crippen molar-refractivity contribution in [2.45, 2.75) is 38.6 Å². The molecule has 0 aliphatic heterocycles. The number of hydrogen-bond donors (Lipinski definition) is 1. The lowest BCUT2D eigenvalue weighted by atomic mass is 10.0. The first-order valence-corrected chi connectivity index (χ1v) is 6.36. The Balaban J connectivity index is 3.00. The second kappa shape index (κ2) is 5.58. The minimum Gasteiger partial charge on any atom is -0.339 e. The van der Waals surface area contributed by atoms with Crippen molar-refractivity contribution in [2.75, 3.05) is 7.05 Å². The number of carbonyl (C=O) groups is 1. The Bertz CT molecular complexity index is 415. The molecule has 0 N–H and O–H groups in total. The highest BCUT2D eigenvalue weighted by Gasteiger charge is 2.21. The third-order valence-corrected chi connectivity index (χ3v) is 3.63. The van der Waals surface area contributed by atoms with Gasteiger partial charge >= 0.3 is 0 Å². The molecule has 1 amide bonds. The van der Waals surface area contributed by atoms with Crippen LogP contribution in [0.2, 0.25) is 0 Å². The van der Waals surface area contributed by atoms with E-state index in [2.05, 4.69) is 33.4 Å². The normalized spacial score (nSPS) is 12.6. The van der Waals surface area contributed by atoms with E-state index >= 15 is 0 Å². The SMILES string of the molecule is Cc1ccc(S)cc1C(=O)N(C)C(C)C(C)C. The number of carbonyl (C=O) groups excluding carboxylic acids is 1. The van der Waals surface area contributed by atoms with Gasteiger partial charge in [0, 0.05) is 23.5 Å². The zero-order chi connectivity index (χ0) is 13.2. The summed E-state index contributed by atoms with van der Waals surface area (Å²) in [6, 6.07) is 5.90. The summed E-state index contributed by atoms with van der Waals surface area (Å²) in [5.41, 5.74) is 1.74. The van der Waals surface area contributed by atoms with Crippen molar-refractivity contribution in [3.8, 4) is 0 Å². The van der Waals surface area contributed by atoms with Crippen LogP contribution in [0.5, 0.6) is 0 Å². The molecule has 0 saturated carbocycles. The third kappa shape index (κ3) is 3.25. The fraction of sp³-hybridized carbons (Fsp3) is 0.500.